The van der Waals surface area contributed by atoms with Crippen LogP contribution in [0, 0.1) is 0 Å². The monoisotopic (exact) mass is 407 g/mol. The van der Waals surface area contributed by atoms with Gasteiger partial charge in [-0.3, -0.25) is 9.80 Å². The number of halogens is 1. The van der Waals surface area contributed by atoms with Crippen LogP contribution < -0.4 is 0 Å². The van der Waals surface area contributed by atoms with Gasteiger partial charge in [0.1, 0.15) is 0 Å². The number of hydrogen-bond donors (Lipinski definition) is 0. The van der Waals surface area contributed by atoms with Gasteiger partial charge in [0.05, 0.1) is 15.7 Å². The summed E-state index contributed by atoms with van der Waals surface area (Å²) in [6.07, 6.45) is 1.64. The van der Waals surface area contributed by atoms with Gasteiger partial charge < -0.3 is 8.94 Å². The van der Waals surface area contributed by atoms with Gasteiger partial charge in [0.15, 0.2) is 5.76 Å². The lowest BCUT2D eigenvalue weighted by atomic mass is 10.2. The van der Waals surface area contributed by atoms with Gasteiger partial charge in [-0.25, -0.2) is 0 Å². The molecule has 7 heteroatoms. The first-order chi connectivity index (χ1) is 11.8. The zero-order valence-corrected chi connectivity index (χ0v) is 15.6. The first-order valence-corrected chi connectivity index (χ1v) is 9.55. The Morgan fingerprint density at radius 3 is 2.50 bits per heavy atom. The summed E-state index contributed by atoms with van der Waals surface area (Å²) in [7, 11) is 0. The highest BCUT2D eigenvalue weighted by atomic mass is 79.9. The van der Waals surface area contributed by atoms with Gasteiger partial charge in [0.25, 0.3) is 0 Å². The molecule has 3 aromatic rings. The minimum Gasteiger partial charge on any atom is -0.461 e. The van der Waals surface area contributed by atoms with Crippen LogP contribution >= 0.6 is 27.3 Å². The van der Waals surface area contributed by atoms with Gasteiger partial charge in [-0.15, -0.1) is 11.3 Å². The molecule has 0 aliphatic carbocycles. The first-order valence-electron chi connectivity index (χ1n) is 7.95. The minimum atomic E-state index is 0.692. The fourth-order valence-corrected chi connectivity index (χ4v) is 4.44. The fourth-order valence-electron chi connectivity index (χ4n) is 2.91. The Morgan fingerprint density at radius 1 is 1.04 bits per heavy atom. The van der Waals surface area contributed by atoms with Crippen LogP contribution in [0.25, 0.3) is 11.5 Å². The predicted molar refractivity (Wildman–Crippen MR) is 96.8 cm³/mol. The zero-order valence-electron chi connectivity index (χ0n) is 13.2. The van der Waals surface area contributed by atoms with E-state index in [0.717, 1.165) is 50.7 Å². The number of aromatic nitrogens is 1. The molecule has 0 unspecified atom stereocenters. The van der Waals surface area contributed by atoms with Gasteiger partial charge in [-0.05, 0) is 40.2 Å². The topological polar surface area (TPSA) is 45.7 Å². The number of nitrogens with zero attached hydrogens (tertiary/aromatic N) is 3. The van der Waals surface area contributed by atoms with Gasteiger partial charge >= 0.3 is 0 Å². The second kappa shape index (κ2) is 7.23. The average molecular weight is 408 g/mol. The minimum absolute atomic E-state index is 0.692. The standard InChI is InChI=1S/C17H18BrN3O2S/c18-17-4-3-14(24-17)12-21-7-5-20(6-8-21)11-13-10-16(23-19-13)15-2-1-9-22-15/h1-4,9-10H,5-8,11-12H2. The molecule has 0 bridgehead atoms. The Labute approximate surface area is 153 Å². The van der Waals surface area contributed by atoms with E-state index in [1.807, 2.05) is 29.5 Å². The van der Waals surface area contributed by atoms with Crippen molar-refractivity contribution in [1.29, 1.82) is 0 Å². The summed E-state index contributed by atoms with van der Waals surface area (Å²) < 4.78 is 11.9. The largest absolute Gasteiger partial charge is 0.461 e. The van der Waals surface area contributed by atoms with Crippen molar-refractivity contribution < 1.29 is 8.94 Å². The number of thiophene rings is 1. The van der Waals surface area contributed by atoms with E-state index < -0.39 is 0 Å². The summed E-state index contributed by atoms with van der Waals surface area (Å²) in [4.78, 5) is 6.34. The molecular weight excluding hydrogens is 390 g/mol. The molecule has 1 aliphatic rings. The quantitative estimate of drug-likeness (QED) is 0.637. The number of piperazine rings is 1. The molecule has 0 atom stereocenters. The smallest absolute Gasteiger partial charge is 0.202 e. The SMILES string of the molecule is Brc1ccc(CN2CCN(Cc3cc(-c4ccco4)on3)CC2)s1. The van der Waals surface area contributed by atoms with Crippen molar-refractivity contribution in [3.63, 3.8) is 0 Å². The lowest BCUT2D eigenvalue weighted by molar-refractivity contribution is 0.121. The molecule has 126 valence electrons. The molecule has 0 radical (unpaired) electrons. The zero-order chi connectivity index (χ0) is 16.4. The molecule has 5 nitrogen and oxygen atoms in total. The molecule has 0 N–H and O–H groups in total. The van der Waals surface area contributed by atoms with Crippen LogP contribution in [-0.4, -0.2) is 41.1 Å². The Balaban J connectivity index is 1.29. The summed E-state index contributed by atoms with van der Waals surface area (Å²) in [5, 5.41) is 4.16. The highest BCUT2D eigenvalue weighted by Gasteiger charge is 2.19. The van der Waals surface area contributed by atoms with E-state index in [1.54, 1.807) is 6.26 Å². The third-order valence-corrected chi connectivity index (χ3v) is 5.79. The van der Waals surface area contributed by atoms with Crippen LogP contribution in [-0.2, 0) is 13.1 Å². The lowest BCUT2D eigenvalue weighted by Crippen LogP contribution is -2.45. The Hall–Kier alpha value is -1.41. The third-order valence-electron chi connectivity index (χ3n) is 4.18. The molecular formula is C17H18BrN3O2S. The highest BCUT2D eigenvalue weighted by molar-refractivity contribution is 9.11. The number of hydrogen-bond acceptors (Lipinski definition) is 6. The van der Waals surface area contributed by atoms with E-state index in [0.29, 0.717) is 5.76 Å². The molecule has 0 spiro atoms. The molecule has 1 aliphatic heterocycles. The van der Waals surface area contributed by atoms with Crippen molar-refractivity contribution in [2.24, 2.45) is 0 Å². The van der Waals surface area contributed by atoms with Crippen LogP contribution in [0.15, 0.2) is 49.3 Å². The summed E-state index contributed by atoms with van der Waals surface area (Å²) in [5.41, 5.74) is 0.956. The van der Waals surface area contributed by atoms with E-state index in [1.165, 1.54) is 8.66 Å². The molecule has 1 saturated heterocycles. The Bertz CT molecular complexity index is 775. The maximum absolute atomic E-state index is 5.37. The fraction of sp³-hybridized carbons (Fsp3) is 0.353. The van der Waals surface area contributed by atoms with E-state index in [4.69, 9.17) is 8.94 Å². The van der Waals surface area contributed by atoms with E-state index in [-0.39, 0.29) is 0 Å². The Kier molecular flexibility index (Phi) is 4.84. The van der Waals surface area contributed by atoms with Crippen LogP contribution in [0.1, 0.15) is 10.6 Å². The maximum Gasteiger partial charge on any atom is 0.202 e. The van der Waals surface area contributed by atoms with Crippen LogP contribution in [0.4, 0.5) is 0 Å². The van der Waals surface area contributed by atoms with E-state index in [2.05, 4.69) is 43.0 Å². The molecule has 0 saturated carbocycles. The molecule has 3 aromatic heterocycles. The van der Waals surface area contributed by atoms with Crippen molar-refractivity contribution in [2.75, 3.05) is 26.2 Å². The van der Waals surface area contributed by atoms with Crippen molar-refractivity contribution in [1.82, 2.24) is 15.0 Å². The summed E-state index contributed by atoms with van der Waals surface area (Å²) >= 11 is 5.35. The predicted octanol–water partition coefficient (Wildman–Crippen LogP) is 4.08. The van der Waals surface area contributed by atoms with Crippen molar-refractivity contribution in [3.8, 4) is 11.5 Å². The van der Waals surface area contributed by atoms with Crippen LogP contribution in [0.2, 0.25) is 0 Å². The number of furan rings is 1. The van der Waals surface area contributed by atoms with Crippen molar-refractivity contribution in [3.05, 3.63) is 51.0 Å². The second-order valence-corrected chi connectivity index (χ2v) is 8.47. The Morgan fingerprint density at radius 2 is 1.83 bits per heavy atom. The van der Waals surface area contributed by atoms with Gasteiger partial charge in [-0.1, -0.05) is 5.16 Å². The number of rotatable bonds is 5. The first kappa shape index (κ1) is 16.1. The summed E-state index contributed by atoms with van der Waals surface area (Å²) in [6, 6.07) is 10.0. The molecule has 24 heavy (non-hydrogen) atoms. The average Bonchev–Trinajstić information content (AvgIpc) is 3.31. The molecule has 4 heterocycles. The van der Waals surface area contributed by atoms with Gasteiger partial charge in [-0.2, -0.15) is 0 Å². The van der Waals surface area contributed by atoms with Gasteiger partial charge in [0.2, 0.25) is 5.76 Å². The molecule has 1 fully saturated rings. The molecule has 0 amide bonds. The summed E-state index contributed by atoms with van der Waals surface area (Å²) in [5.74, 6) is 1.41. The third kappa shape index (κ3) is 3.80. The van der Waals surface area contributed by atoms with Crippen LogP contribution in [0.3, 0.4) is 0 Å². The van der Waals surface area contributed by atoms with Gasteiger partial charge in [0, 0.05) is 50.2 Å². The van der Waals surface area contributed by atoms with E-state index in [9.17, 15) is 0 Å². The highest BCUT2D eigenvalue weighted by Crippen LogP contribution is 2.24. The van der Waals surface area contributed by atoms with E-state index >= 15 is 0 Å². The van der Waals surface area contributed by atoms with Crippen LogP contribution in [0.5, 0.6) is 0 Å². The van der Waals surface area contributed by atoms with Crippen molar-refractivity contribution in [2.45, 2.75) is 13.1 Å². The normalized spacial score (nSPS) is 16.7. The molecule has 0 aromatic carbocycles. The second-order valence-electron chi connectivity index (χ2n) is 5.92. The van der Waals surface area contributed by atoms with Crippen molar-refractivity contribution >= 4 is 27.3 Å². The maximum atomic E-state index is 5.37. The summed E-state index contributed by atoms with van der Waals surface area (Å²) in [6.45, 7) is 6.13. The molecule has 4 rings (SSSR count). The lowest BCUT2D eigenvalue weighted by Gasteiger charge is -2.33.